The van der Waals surface area contributed by atoms with Crippen molar-refractivity contribution < 1.29 is 9.53 Å². The molecule has 7 heteroatoms. The highest BCUT2D eigenvalue weighted by Gasteiger charge is 2.43. The van der Waals surface area contributed by atoms with Gasteiger partial charge in [0.25, 0.3) is 0 Å². The van der Waals surface area contributed by atoms with E-state index in [0.717, 1.165) is 48.8 Å². The maximum atomic E-state index is 12.6. The average molecular weight is 423 g/mol. The lowest BCUT2D eigenvalue weighted by molar-refractivity contribution is 0.105. The summed E-state index contributed by atoms with van der Waals surface area (Å²) in [5.74, 6) is 0. The lowest BCUT2D eigenvalue weighted by atomic mass is 9.98. The number of thioether (sulfide) groups is 1. The van der Waals surface area contributed by atoms with Crippen LogP contribution in [0.25, 0.3) is 0 Å². The zero-order valence-corrected chi connectivity index (χ0v) is 18.1. The number of pyridine rings is 1. The van der Waals surface area contributed by atoms with Crippen molar-refractivity contribution in [3.05, 3.63) is 59.3 Å². The Labute approximate surface area is 181 Å². The number of benzene rings is 1. The molecule has 6 nitrogen and oxygen atoms in total. The van der Waals surface area contributed by atoms with Crippen LogP contribution in [0.2, 0.25) is 0 Å². The molecule has 0 bridgehead atoms. The lowest BCUT2D eigenvalue weighted by Gasteiger charge is -2.37. The minimum absolute atomic E-state index is 0.0285. The van der Waals surface area contributed by atoms with Gasteiger partial charge in [-0.2, -0.15) is 5.26 Å². The van der Waals surface area contributed by atoms with E-state index in [1.54, 1.807) is 0 Å². The number of likely N-dealkylation sites (tertiary alicyclic amines) is 1. The number of hydrogen-bond acceptors (Lipinski definition) is 6. The molecular weight excluding hydrogens is 396 g/mol. The Morgan fingerprint density at radius 2 is 1.93 bits per heavy atom. The van der Waals surface area contributed by atoms with Gasteiger partial charge in [0.15, 0.2) is 0 Å². The van der Waals surface area contributed by atoms with Crippen LogP contribution in [0.5, 0.6) is 0 Å². The minimum atomic E-state index is -0.204. The first-order valence-electron chi connectivity index (χ1n) is 10.3. The molecule has 4 rings (SSSR count). The average Bonchev–Trinajstić information content (AvgIpc) is 3.08. The van der Waals surface area contributed by atoms with Crippen LogP contribution in [0.3, 0.4) is 0 Å². The number of piperidine rings is 1. The van der Waals surface area contributed by atoms with Crippen molar-refractivity contribution in [3.8, 4) is 6.07 Å². The predicted molar refractivity (Wildman–Crippen MR) is 116 cm³/mol. The van der Waals surface area contributed by atoms with Crippen LogP contribution < -0.4 is 0 Å². The van der Waals surface area contributed by atoms with Gasteiger partial charge in [0.05, 0.1) is 17.3 Å². The van der Waals surface area contributed by atoms with Crippen molar-refractivity contribution in [2.24, 2.45) is 0 Å². The van der Waals surface area contributed by atoms with Crippen molar-refractivity contribution in [1.29, 1.82) is 5.26 Å². The molecule has 2 unspecified atom stereocenters. The maximum Gasteiger partial charge on any atom is 0.411 e. The number of aromatic nitrogens is 1. The third-order valence-corrected chi connectivity index (χ3v) is 6.71. The highest BCUT2D eigenvalue weighted by Crippen LogP contribution is 2.35. The van der Waals surface area contributed by atoms with Crippen LogP contribution in [0, 0.1) is 11.3 Å². The Bertz CT molecular complexity index is 938. The van der Waals surface area contributed by atoms with Crippen molar-refractivity contribution in [3.63, 3.8) is 0 Å². The maximum absolute atomic E-state index is 12.6. The van der Waals surface area contributed by atoms with Gasteiger partial charge < -0.3 is 4.74 Å². The number of cyclic esters (lactones) is 1. The summed E-state index contributed by atoms with van der Waals surface area (Å²) in [6.07, 6.45) is 3.38. The molecule has 1 aromatic heterocycles. The number of nitrogens with zero attached hydrogens (tertiary/aromatic N) is 4. The van der Waals surface area contributed by atoms with E-state index >= 15 is 0 Å². The van der Waals surface area contributed by atoms with Gasteiger partial charge >= 0.3 is 6.09 Å². The molecule has 2 saturated heterocycles. The summed E-state index contributed by atoms with van der Waals surface area (Å²) < 4.78 is 5.73. The third-order valence-electron chi connectivity index (χ3n) is 6.01. The van der Waals surface area contributed by atoms with E-state index < -0.39 is 0 Å². The Kier molecular flexibility index (Phi) is 6.26. The molecule has 30 heavy (non-hydrogen) atoms. The molecule has 2 fully saturated rings. The smallest absolute Gasteiger partial charge is 0.411 e. The molecular formula is C23H26N4O2S. The second-order valence-electron chi connectivity index (χ2n) is 7.84. The van der Waals surface area contributed by atoms with Gasteiger partial charge in [0, 0.05) is 25.7 Å². The highest BCUT2D eigenvalue weighted by molar-refractivity contribution is 7.98. The number of rotatable bonds is 5. The largest absolute Gasteiger partial charge is 0.439 e. The van der Waals surface area contributed by atoms with Crippen LogP contribution >= 0.6 is 11.8 Å². The van der Waals surface area contributed by atoms with Crippen molar-refractivity contribution >= 4 is 17.9 Å². The molecule has 2 aliphatic rings. The van der Waals surface area contributed by atoms with Gasteiger partial charge in [0.2, 0.25) is 0 Å². The van der Waals surface area contributed by atoms with E-state index in [-0.39, 0.29) is 24.3 Å². The van der Waals surface area contributed by atoms with Crippen molar-refractivity contribution in [1.82, 2.24) is 14.8 Å². The Morgan fingerprint density at radius 1 is 1.20 bits per heavy atom. The quantitative estimate of drug-likeness (QED) is 0.672. The molecule has 0 radical (unpaired) electrons. The fraction of sp³-hybridized carbons (Fsp3) is 0.435. The first-order chi connectivity index (χ1) is 14.6. The SMILES string of the molecule is CSc1nc(CN2CCC(N3C(=O)OC(c4ccccc4)C3C)CC2)ccc1C#N. The first-order valence-corrected chi connectivity index (χ1v) is 11.5. The standard InChI is InChI=1S/C23H26N4O2S/c1-16-21(17-6-4-3-5-7-17)29-23(28)27(16)20-10-12-26(13-11-20)15-19-9-8-18(14-24)22(25-19)30-2/h3-9,16,20-21H,10-13,15H2,1-2H3. The number of hydrogen-bond donors (Lipinski definition) is 0. The molecule has 2 aliphatic heterocycles. The van der Waals surface area contributed by atoms with Gasteiger partial charge in [-0.05, 0) is 43.7 Å². The van der Waals surface area contributed by atoms with E-state index in [4.69, 9.17) is 4.74 Å². The number of amides is 1. The van der Waals surface area contributed by atoms with E-state index in [1.807, 2.05) is 53.6 Å². The molecule has 2 atom stereocenters. The van der Waals surface area contributed by atoms with Gasteiger partial charge in [-0.3, -0.25) is 9.80 Å². The third kappa shape index (κ3) is 4.16. The van der Waals surface area contributed by atoms with Crippen molar-refractivity contribution in [2.45, 2.75) is 49.5 Å². The molecule has 0 saturated carbocycles. The summed E-state index contributed by atoms with van der Waals surface area (Å²) in [7, 11) is 0. The fourth-order valence-corrected chi connectivity index (χ4v) is 4.99. The monoisotopic (exact) mass is 422 g/mol. The second-order valence-corrected chi connectivity index (χ2v) is 8.64. The van der Waals surface area contributed by atoms with Crippen LogP contribution in [0.15, 0.2) is 47.5 Å². The molecule has 0 aliphatic carbocycles. The van der Waals surface area contributed by atoms with Crippen LogP contribution in [-0.4, -0.2) is 52.3 Å². The minimum Gasteiger partial charge on any atom is -0.439 e. The first kappa shape index (κ1) is 20.7. The summed E-state index contributed by atoms with van der Waals surface area (Å²) in [5, 5.41) is 9.96. The summed E-state index contributed by atoms with van der Waals surface area (Å²) in [4.78, 5) is 21.6. The van der Waals surface area contributed by atoms with E-state index in [2.05, 4.69) is 22.9 Å². The number of carbonyl (C=O) groups is 1. The summed E-state index contributed by atoms with van der Waals surface area (Å²) in [6.45, 7) is 4.67. The fourth-order valence-electron chi connectivity index (χ4n) is 4.44. The predicted octanol–water partition coefficient (Wildman–Crippen LogP) is 4.22. The molecule has 0 spiro atoms. The molecule has 1 amide bonds. The second kappa shape index (κ2) is 9.07. The number of carbonyl (C=O) groups excluding carboxylic acids is 1. The molecule has 1 aromatic carbocycles. The topological polar surface area (TPSA) is 69.5 Å². The summed E-state index contributed by atoms with van der Waals surface area (Å²) >= 11 is 1.50. The molecule has 0 N–H and O–H groups in total. The Hall–Kier alpha value is -2.56. The number of ether oxygens (including phenoxy) is 1. The highest BCUT2D eigenvalue weighted by atomic mass is 32.2. The van der Waals surface area contributed by atoms with Gasteiger partial charge in [0.1, 0.15) is 17.2 Å². The summed E-state index contributed by atoms with van der Waals surface area (Å²) in [5.41, 5.74) is 2.66. The Morgan fingerprint density at radius 3 is 2.60 bits per heavy atom. The lowest BCUT2D eigenvalue weighted by Crippen LogP contribution is -2.47. The van der Waals surface area contributed by atoms with E-state index in [0.29, 0.717) is 5.56 Å². The van der Waals surface area contributed by atoms with Gasteiger partial charge in [-0.25, -0.2) is 9.78 Å². The molecule has 3 heterocycles. The molecule has 156 valence electrons. The number of nitriles is 1. The Balaban J connectivity index is 1.37. The normalized spacial score (nSPS) is 22.7. The summed E-state index contributed by atoms with van der Waals surface area (Å²) in [6, 6.07) is 16.2. The van der Waals surface area contributed by atoms with Crippen molar-refractivity contribution in [2.75, 3.05) is 19.3 Å². The van der Waals surface area contributed by atoms with Gasteiger partial charge in [-0.1, -0.05) is 30.3 Å². The van der Waals surface area contributed by atoms with Crippen LogP contribution in [0.4, 0.5) is 4.79 Å². The van der Waals surface area contributed by atoms with E-state index in [9.17, 15) is 10.1 Å². The van der Waals surface area contributed by atoms with E-state index in [1.165, 1.54) is 11.8 Å². The molecule has 2 aromatic rings. The van der Waals surface area contributed by atoms with Crippen LogP contribution in [0.1, 0.15) is 42.7 Å². The van der Waals surface area contributed by atoms with Gasteiger partial charge in [-0.15, -0.1) is 11.8 Å². The van der Waals surface area contributed by atoms with Crippen LogP contribution in [-0.2, 0) is 11.3 Å². The zero-order valence-electron chi connectivity index (χ0n) is 17.3. The zero-order chi connectivity index (χ0) is 21.1.